The van der Waals surface area contributed by atoms with Gasteiger partial charge in [0.05, 0.1) is 0 Å². The number of thioether (sulfide) groups is 1. The number of benzene rings is 1. The Balaban J connectivity index is 2.17. The predicted molar refractivity (Wildman–Crippen MR) is 64.9 cm³/mol. The molecule has 5 heteroatoms. The molecule has 1 fully saturated rings. The summed E-state index contributed by atoms with van der Waals surface area (Å²) in [7, 11) is 0. The maximum atomic E-state index is 11.9. The summed E-state index contributed by atoms with van der Waals surface area (Å²) >= 11 is 6.84. The van der Waals surface area contributed by atoms with Crippen molar-refractivity contribution in [1.82, 2.24) is 4.90 Å². The third-order valence-electron chi connectivity index (χ3n) is 2.36. The van der Waals surface area contributed by atoms with E-state index in [2.05, 4.69) is 0 Å². The fourth-order valence-corrected chi connectivity index (χ4v) is 2.43. The van der Waals surface area contributed by atoms with Gasteiger partial charge < -0.3 is 0 Å². The van der Waals surface area contributed by atoms with Gasteiger partial charge in [-0.05, 0) is 17.7 Å². The molecule has 0 aliphatic carbocycles. The summed E-state index contributed by atoms with van der Waals surface area (Å²) in [6.45, 7) is 0.500. The normalized spacial score (nSPS) is 15.6. The summed E-state index contributed by atoms with van der Waals surface area (Å²) in [5.74, 6) is 0.883. The second-order valence-corrected chi connectivity index (χ2v) is 4.72. The van der Waals surface area contributed by atoms with Gasteiger partial charge >= 0.3 is 0 Å². The number of hydrogen-bond acceptors (Lipinski definition) is 3. The van der Waals surface area contributed by atoms with Crippen LogP contribution in [0.4, 0.5) is 4.79 Å². The van der Waals surface area contributed by atoms with Crippen LogP contribution in [-0.4, -0.2) is 28.3 Å². The van der Waals surface area contributed by atoms with E-state index in [1.165, 1.54) is 16.7 Å². The number of carbonyl (C=O) groups is 2. The first-order valence-electron chi connectivity index (χ1n) is 4.86. The molecule has 1 aromatic rings. The van der Waals surface area contributed by atoms with Crippen LogP contribution in [0.15, 0.2) is 24.3 Å². The zero-order valence-electron chi connectivity index (χ0n) is 8.48. The lowest BCUT2D eigenvalue weighted by atomic mass is 10.1. The molecule has 0 radical (unpaired) electrons. The minimum Gasteiger partial charge on any atom is -0.269 e. The lowest BCUT2D eigenvalue weighted by Crippen LogP contribution is -2.30. The van der Waals surface area contributed by atoms with Crippen molar-refractivity contribution in [3.8, 4) is 0 Å². The Bertz CT molecular complexity index is 418. The molecule has 0 bridgehead atoms. The van der Waals surface area contributed by atoms with Crippen LogP contribution in [0.2, 0.25) is 0 Å². The van der Waals surface area contributed by atoms with Crippen molar-refractivity contribution in [2.75, 3.05) is 12.3 Å². The molecule has 0 atom stereocenters. The topological polar surface area (TPSA) is 37.4 Å². The third-order valence-corrected chi connectivity index (χ3v) is 3.52. The van der Waals surface area contributed by atoms with Gasteiger partial charge in [-0.1, -0.05) is 23.9 Å². The molecular formula is C11H10ClNO2S. The summed E-state index contributed by atoms with van der Waals surface area (Å²) in [6, 6.07) is 7.01. The summed E-state index contributed by atoms with van der Waals surface area (Å²) in [4.78, 5) is 24.6. The van der Waals surface area contributed by atoms with Gasteiger partial charge in [0.25, 0.3) is 11.1 Å². The van der Waals surface area contributed by atoms with E-state index < -0.39 is 0 Å². The molecule has 1 aliphatic rings. The van der Waals surface area contributed by atoms with Crippen LogP contribution in [-0.2, 0) is 5.88 Å². The molecule has 1 aliphatic heterocycles. The van der Waals surface area contributed by atoms with Crippen molar-refractivity contribution < 1.29 is 9.59 Å². The minimum atomic E-state index is -0.226. The zero-order valence-corrected chi connectivity index (χ0v) is 10.1. The molecule has 1 saturated heterocycles. The Kier molecular flexibility index (Phi) is 3.51. The van der Waals surface area contributed by atoms with Crippen molar-refractivity contribution in [2.45, 2.75) is 5.88 Å². The number of amides is 2. The van der Waals surface area contributed by atoms with Gasteiger partial charge in [-0.15, -0.1) is 11.6 Å². The van der Waals surface area contributed by atoms with Gasteiger partial charge in [0.2, 0.25) is 0 Å². The van der Waals surface area contributed by atoms with Crippen LogP contribution in [0, 0.1) is 0 Å². The van der Waals surface area contributed by atoms with Gasteiger partial charge in [-0.3, -0.25) is 14.5 Å². The Morgan fingerprint density at radius 2 is 2.06 bits per heavy atom. The van der Waals surface area contributed by atoms with Crippen molar-refractivity contribution in [1.29, 1.82) is 0 Å². The lowest BCUT2D eigenvalue weighted by Gasteiger charge is -2.12. The summed E-state index contributed by atoms with van der Waals surface area (Å²) in [5.41, 5.74) is 1.49. The Hall–Kier alpha value is -1.00. The average Bonchev–Trinajstić information content (AvgIpc) is 2.75. The third kappa shape index (κ3) is 2.23. The van der Waals surface area contributed by atoms with Crippen molar-refractivity contribution in [2.24, 2.45) is 0 Å². The molecule has 3 nitrogen and oxygen atoms in total. The second kappa shape index (κ2) is 4.89. The Labute approximate surface area is 103 Å². The number of imide groups is 1. The minimum absolute atomic E-state index is 0.161. The molecule has 0 saturated carbocycles. The van der Waals surface area contributed by atoms with E-state index in [9.17, 15) is 9.59 Å². The molecule has 1 aromatic carbocycles. The molecule has 16 heavy (non-hydrogen) atoms. The summed E-state index contributed by atoms with van der Waals surface area (Å²) in [5, 5.41) is -0.161. The fraction of sp³-hybridized carbons (Fsp3) is 0.273. The van der Waals surface area contributed by atoms with Crippen LogP contribution in [0.5, 0.6) is 0 Å². The smallest absolute Gasteiger partial charge is 0.269 e. The summed E-state index contributed by atoms with van der Waals surface area (Å²) in [6.07, 6.45) is 0. The fourth-order valence-electron chi connectivity index (χ4n) is 1.47. The highest BCUT2D eigenvalue weighted by Crippen LogP contribution is 2.20. The maximum Gasteiger partial charge on any atom is 0.288 e. The van der Waals surface area contributed by atoms with Gasteiger partial charge in [-0.25, -0.2) is 0 Å². The molecule has 0 aromatic heterocycles. The van der Waals surface area contributed by atoms with Gasteiger partial charge in [0, 0.05) is 23.7 Å². The molecular weight excluding hydrogens is 246 g/mol. The first-order valence-corrected chi connectivity index (χ1v) is 6.38. The van der Waals surface area contributed by atoms with Crippen LogP contribution in [0.25, 0.3) is 0 Å². The van der Waals surface area contributed by atoms with Gasteiger partial charge in [0.15, 0.2) is 0 Å². The van der Waals surface area contributed by atoms with E-state index in [0.29, 0.717) is 23.7 Å². The van der Waals surface area contributed by atoms with Crippen molar-refractivity contribution in [3.63, 3.8) is 0 Å². The largest absolute Gasteiger partial charge is 0.288 e. The standard InChI is InChI=1S/C11H10ClNO2S/c12-7-8-1-3-9(4-2-8)10(14)13-5-6-16-11(13)15/h1-4H,5-7H2. The molecule has 0 N–H and O–H groups in total. The lowest BCUT2D eigenvalue weighted by molar-refractivity contribution is 0.0833. The first kappa shape index (κ1) is 11.5. The predicted octanol–water partition coefficient (Wildman–Crippen LogP) is 2.73. The van der Waals surface area contributed by atoms with Crippen LogP contribution in [0.3, 0.4) is 0 Å². The van der Waals surface area contributed by atoms with E-state index in [1.807, 2.05) is 0 Å². The van der Waals surface area contributed by atoms with Crippen molar-refractivity contribution >= 4 is 34.5 Å². The molecule has 84 valence electrons. The monoisotopic (exact) mass is 255 g/mol. The summed E-state index contributed by atoms with van der Waals surface area (Å²) < 4.78 is 0. The van der Waals surface area contributed by atoms with E-state index in [0.717, 1.165) is 5.56 Å². The van der Waals surface area contributed by atoms with Gasteiger partial charge in [0.1, 0.15) is 0 Å². The Morgan fingerprint density at radius 1 is 1.38 bits per heavy atom. The van der Waals surface area contributed by atoms with Crippen molar-refractivity contribution in [3.05, 3.63) is 35.4 Å². The van der Waals surface area contributed by atoms with Crippen LogP contribution in [0.1, 0.15) is 15.9 Å². The molecule has 2 amide bonds. The molecule has 0 spiro atoms. The van der Waals surface area contributed by atoms with E-state index in [-0.39, 0.29) is 11.1 Å². The second-order valence-electron chi connectivity index (χ2n) is 3.40. The number of hydrogen-bond donors (Lipinski definition) is 0. The van der Waals surface area contributed by atoms with Crippen LogP contribution < -0.4 is 0 Å². The van der Waals surface area contributed by atoms with Crippen LogP contribution >= 0.6 is 23.4 Å². The SMILES string of the molecule is O=C1SCCN1C(=O)c1ccc(CCl)cc1. The number of alkyl halides is 1. The van der Waals surface area contributed by atoms with E-state index >= 15 is 0 Å². The first-order chi connectivity index (χ1) is 7.72. The number of carbonyl (C=O) groups excluding carboxylic acids is 2. The highest BCUT2D eigenvalue weighted by Gasteiger charge is 2.27. The molecule has 2 rings (SSSR count). The zero-order chi connectivity index (χ0) is 11.5. The number of nitrogens with zero attached hydrogens (tertiary/aromatic N) is 1. The highest BCUT2D eigenvalue weighted by atomic mass is 35.5. The maximum absolute atomic E-state index is 11.9. The number of rotatable bonds is 2. The molecule has 1 heterocycles. The molecule has 0 unspecified atom stereocenters. The van der Waals surface area contributed by atoms with E-state index in [1.54, 1.807) is 24.3 Å². The Morgan fingerprint density at radius 3 is 2.56 bits per heavy atom. The van der Waals surface area contributed by atoms with Gasteiger partial charge in [-0.2, -0.15) is 0 Å². The number of halogens is 1. The average molecular weight is 256 g/mol. The van der Waals surface area contributed by atoms with E-state index in [4.69, 9.17) is 11.6 Å². The highest BCUT2D eigenvalue weighted by molar-refractivity contribution is 8.13. The quantitative estimate of drug-likeness (QED) is 0.763.